The van der Waals surface area contributed by atoms with Crippen LogP contribution >= 0.6 is 11.3 Å². The van der Waals surface area contributed by atoms with Crippen molar-refractivity contribution >= 4 is 44.2 Å². The molecule has 6 heteroatoms. The fourth-order valence-electron chi connectivity index (χ4n) is 2.47. The number of anilines is 2. The lowest BCUT2D eigenvalue weighted by atomic mass is 10.1. The van der Waals surface area contributed by atoms with E-state index in [-0.39, 0.29) is 11.8 Å². The zero-order chi connectivity index (χ0) is 17.3. The number of rotatable bonds is 3. The molecule has 0 aliphatic carbocycles. The van der Waals surface area contributed by atoms with Gasteiger partial charge in [-0.1, -0.05) is 29.5 Å². The van der Waals surface area contributed by atoms with Crippen LogP contribution in [-0.2, 0) is 4.79 Å². The van der Waals surface area contributed by atoms with Crippen LogP contribution in [0.25, 0.3) is 10.2 Å². The maximum Gasteiger partial charge on any atom is 0.255 e. The Hall–Kier alpha value is -2.73. The molecule has 0 aliphatic heterocycles. The first kappa shape index (κ1) is 16.1. The van der Waals surface area contributed by atoms with Crippen molar-refractivity contribution in [3.05, 3.63) is 53.1 Å². The Bertz CT molecular complexity index is 926. The Morgan fingerprint density at radius 1 is 1.04 bits per heavy atom. The normalized spacial score (nSPS) is 10.6. The molecule has 3 rings (SSSR count). The van der Waals surface area contributed by atoms with Gasteiger partial charge in [-0.05, 0) is 43.2 Å². The topological polar surface area (TPSA) is 71.1 Å². The number of hydrogen-bond donors (Lipinski definition) is 2. The second-order valence-electron chi connectivity index (χ2n) is 5.60. The number of aromatic nitrogens is 1. The highest BCUT2D eigenvalue weighted by molar-refractivity contribution is 7.22. The number of fused-ring (bicyclic) bond motifs is 1. The van der Waals surface area contributed by atoms with Gasteiger partial charge in [0.05, 0.1) is 10.2 Å². The van der Waals surface area contributed by atoms with E-state index in [4.69, 9.17) is 0 Å². The second-order valence-corrected chi connectivity index (χ2v) is 6.63. The van der Waals surface area contributed by atoms with E-state index in [1.807, 2.05) is 32.0 Å². The molecule has 0 radical (unpaired) electrons. The standard InChI is InChI=1S/C18H17N3O2S/c1-10-5-4-6-11(2)16(10)21-17(23)13-7-8-14-15(9-13)24-18(20-14)19-12(3)22/h4-9H,1-3H3,(H,21,23)(H,19,20,22). The highest BCUT2D eigenvalue weighted by Crippen LogP contribution is 2.27. The Labute approximate surface area is 143 Å². The predicted octanol–water partition coefficient (Wildman–Crippen LogP) is 4.12. The Balaban J connectivity index is 1.88. The van der Waals surface area contributed by atoms with Crippen molar-refractivity contribution in [1.29, 1.82) is 0 Å². The van der Waals surface area contributed by atoms with Crippen LogP contribution in [0.3, 0.4) is 0 Å². The van der Waals surface area contributed by atoms with E-state index >= 15 is 0 Å². The molecule has 0 fully saturated rings. The molecule has 0 saturated heterocycles. The average molecular weight is 339 g/mol. The fraction of sp³-hybridized carbons (Fsp3) is 0.167. The molecule has 0 atom stereocenters. The first-order chi connectivity index (χ1) is 11.4. The molecule has 122 valence electrons. The molecule has 24 heavy (non-hydrogen) atoms. The zero-order valence-electron chi connectivity index (χ0n) is 13.6. The van der Waals surface area contributed by atoms with E-state index in [0.717, 1.165) is 27.0 Å². The molecule has 0 saturated carbocycles. The first-order valence-electron chi connectivity index (χ1n) is 7.50. The van der Waals surface area contributed by atoms with E-state index in [9.17, 15) is 9.59 Å². The van der Waals surface area contributed by atoms with E-state index in [1.165, 1.54) is 18.3 Å². The molecule has 0 bridgehead atoms. The van der Waals surface area contributed by atoms with Gasteiger partial charge in [-0.2, -0.15) is 0 Å². The van der Waals surface area contributed by atoms with Crippen LogP contribution in [0.4, 0.5) is 10.8 Å². The van der Waals surface area contributed by atoms with Crippen LogP contribution in [0.2, 0.25) is 0 Å². The van der Waals surface area contributed by atoms with Crippen LogP contribution < -0.4 is 10.6 Å². The number of nitrogens with one attached hydrogen (secondary N) is 2. The Kier molecular flexibility index (Phi) is 4.31. The summed E-state index contributed by atoms with van der Waals surface area (Å²) in [6.07, 6.45) is 0. The molecule has 1 heterocycles. The zero-order valence-corrected chi connectivity index (χ0v) is 14.5. The van der Waals surface area contributed by atoms with E-state index in [1.54, 1.807) is 18.2 Å². The molecule has 0 spiro atoms. The lowest BCUT2D eigenvalue weighted by molar-refractivity contribution is -0.114. The number of benzene rings is 2. The van der Waals surface area contributed by atoms with Crippen molar-refractivity contribution in [2.45, 2.75) is 20.8 Å². The molecular weight excluding hydrogens is 322 g/mol. The van der Waals surface area contributed by atoms with Crippen molar-refractivity contribution in [3.63, 3.8) is 0 Å². The number of thiazole rings is 1. The number of nitrogens with zero attached hydrogens (tertiary/aromatic N) is 1. The molecule has 2 amide bonds. The lowest BCUT2D eigenvalue weighted by Gasteiger charge is -2.11. The molecular formula is C18H17N3O2S. The average Bonchev–Trinajstić information content (AvgIpc) is 2.91. The van der Waals surface area contributed by atoms with Crippen LogP contribution in [0.5, 0.6) is 0 Å². The minimum atomic E-state index is -0.165. The van der Waals surface area contributed by atoms with Crippen molar-refractivity contribution < 1.29 is 9.59 Å². The van der Waals surface area contributed by atoms with Gasteiger partial charge in [-0.3, -0.25) is 9.59 Å². The van der Waals surface area contributed by atoms with Gasteiger partial charge in [-0.15, -0.1) is 0 Å². The van der Waals surface area contributed by atoms with Gasteiger partial charge in [0.15, 0.2) is 5.13 Å². The van der Waals surface area contributed by atoms with Gasteiger partial charge in [0.2, 0.25) is 5.91 Å². The largest absolute Gasteiger partial charge is 0.322 e. The summed E-state index contributed by atoms with van der Waals surface area (Å²) < 4.78 is 0.855. The second kappa shape index (κ2) is 6.41. The maximum absolute atomic E-state index is 12.6. The number of amides is 2. The third kappa shape index (κ3) is 3.28. The fourth-order valence-corrected chi connectivity index (χ4v) is 3.42. The van der Waals surface area contributed by atoms with Crippen LogP contribution in [0.15, 0.2) is 36.4 Å². The van der Waals surface area contributed by atoms with E-state index in [2.05, 4.69) is 15.6 Å². The van der Waals surface area contributed by atoms with Gasteiger partial charge >= 0.3 is 0 Å². The molecule has 5 nitrogen and oxygen atoms in total. The number of para-hydroxylation sites is 1. The summed E-state index contributed by atoms with van der Waals surface area (Å²) in [5, 5.41) is 6.17. The van der Waals surface area contributed by atoms with Gasteiger partial charge in [0.1, 0.15) is 0 Å². The monoisotopic (exact) mass is 339 g/mol. The third-order valence-corrected chi connectivity index (χ3v) is 4.59. The number of carbonyl (C=O) groups excluding carboxylic acids is 2. The van der Waals surface area contributed by atoms with Gasteiger partial charge in [0, 0.05) is 18.2 Å². The highest BCUT2D eigenvalue weighted by Gasteiger charge is 2.12. The quantitative estimate of drug-likeness (QED) is 0.754. The van der Waals surface area contributed by atoms with Crippen molar-refractivity contribution in [2.75, 3.05) is 10.6 Å². The van der Waals surface area contributed by atoms with Crippen LogP contribution in [0.1, 0.15) is 28.4 Å². The van der Waals surface area contributed by atoms with Crippen molar-refractivity contribution in [1.82, 2.24) is 4.98 Å². The SMILES string of the molecule is CC(=O)Nc1nc2ccc(C(=O)Nc3c(C)cccc3C)cc2s1. The van der Waals surface area contributed by atoms with E-state index in [0.29, 0.717) is 10.7 Å². The van der Waals surface area contributed by atoms with Crippen LogP contribution in [-0.4, -0.2) is 16.8 Å². The summed E-state index contributed by atoms with van der Waals surface area (Å²) in [6, 6.07) is 11.2. The van der Waals surface area contributed by atoms with Gasteiger partial charge in [0.25, 0.3) is 5.91 Å². The number of aryl methyl sites for hydroxylation is 2. The summed E-state index contributed by atoms with van der Waals surface area (Å²) in [5.41, 5.74) is 4.20. The summed E-state index contributed by atoms with van der Waals surface area (Å²) in [6.45, 7) is 5.37. The number of carbonyl (C=O) groups is 2. The molecule has 0 aliphatic rings. The lowest BCUT2D eigenvalue weighted by Crippen LogP contribution is -2.13. The van der Waals surface area contributed by atoms with Gasteiger partial charge < -0.3 is 10.6 Å². The molecule has 3 aromatic rings. The van der Waals surface area contributed by atoms with Crippen LogP contribution in [0, 0.1) is 13.8 Å². The smallest absolute Gasteiger partial charge is 0.255 e. The third-order valence-electron chi connectivity index (χ3n) is 3.65. The summed E-state index contributed by atoms with van der Waals surface area (Å²) >= 11 is 1.35. The first-order valence-corrected chi connectivity index (χ1v) is 8.31. The number of hydrogen-bond acceptors (Lipinski definition) is 4. The minimum absolute atomic E-state index is 0.163. The summed E-state index contributed by atoms with van der Waals surface area (Å²) in [4.78, 5) is 28.0. The Morgan fingerprint density at radius 3 is 2.42 bits per heavy atom. The predicted molar refractivity (Wildman–Crippen MR) is 97.8 cm³/mol. The maximum atomic E-state index is 12.6. The van der Waals surface area contributed by atoms with Crippen molar-refractivity contribution in [2.24, 2.45) is 0 Å². The molecule has 0 unspecified atom stereocenters. The minimum Gasteiger partial charge on any atom is -0.322 e. The summed E-state index contributed by atoms with van der Waals surface area (Å²) in [5.74, 6) is -0.328. The highest BCUT2D eigenvalue weighted by atomic mass is 32.1. The molecule has 1 aromatic heterocycles. The van der Waals surface area contributed by atoms with Gasteiger partial charge in [-0.25, -0.2) is 4.98 Å². The van der Waals surface area contributed by atoms with E-state index < -0.39 is 0 Å². The molecule has 2 N–H and O–H groups in total. The van der Waals surface area contributed by atoms with Crippen molar-refractivity contribution in [3.8, 4) is 0 Å². The Morgan fingerprint density at radius 2 is 1.75 bits per heavy atom. The molecule has 2 aromatic carbocycles. The summed E-state index contributed by atoms with van der Waals surface area (Å²) in [7, 11) is 0.